The summed E-state index contributed by atoms with van der Waals surface area (Å²) in [6.45, 7) is 6.30. The highest BCUT2D eigenvalue weighted by Crippen LogP contribution is 2.38. The van der Waals surface area contributed by atoms with Gasteiger partial charge in [-0.25, -0.2) is 0 Å². The lowest BCUT2D eigenvalue weighted by Crippen LogP contribution is -2.28. The molecule has 1 fully saturated rings. The lowest BCUT2D eigenvalue weighted by atomic mass is 9.90. The predicted molar refractivity (Wildman–Crippen MR) is 38.2 cm³/mol. The van der Waals surface area contributed by atoms with Gasteiger partial charge < -0.3 is 5.11 Å². The zero-order valence-electron chi connectivity index (χ0n) is 6.52. The molecule has 0 heterocycles. The van der Waals surface area contributed by atoms with Crippen LogP contribution < -0.4 is 0 Å². The van der Waals surface area contributed by atoms with Crippen molar-refractivity contribution >= 4 is 0 Å². The van der Waals surface area contributed by atoms with Gasteiger partial charge in [-0.15, -0.1) is 0 Å². The van der Waals surface area contributed by atoms with Crippen molar-refractivity contribution in [1.29, 1.82) is 0 Å². The summed E-state index contributed by atoms with van der Waals surface area (Å²) in [6.07, 6.45) is 2.17. The summed E-state index contributed by atoms with van der Waals surface area (Å²) >= 11 is 0. The Hall–Kier alpha value is -0.0400. The molecule has 0 aromatic heterocycles. The maximum Gasteiger partial charge on any atom is 0.0647 e. The molecule has 0 spiro atoms. The van der Waals surface area contributed by atoms with Gasteiger partial charge in [0.25, 0.3) is 0 Å². The monoisotopic (exact) mass is 128 g/mol. The maximum absolute atomic E-state index is 9.63. The van der Waals surface area contributed by atoms with Crippen LogP contribution in [0.2, 0.25) is 0 Å². The average Bonchev–Trinajstić information content (AvgIpc) is 1.97. The van der Waals surface area contributed by atoms with Crippen LogP contribution in [0.1, 0.15) is 33.6 Å². The molecular formula is C8H16O. The van der Waals surface area contributed by atoms with Crippen molar-refractivity contribution in [3.05, 3.63) is 0 Å². The zero-order chi connectivity index (χ0) is 7.07. The van der Waals surface area contributed by atoms with Crippen molar-refractivity contribution in [3.63, 3.8) is 0 Å². The van der Waals surface area contributed by atoms with Gasteiger partial charge in [-0.05, 0) is 31.6 Å². The van der Waals surface area contributed by atoms with Crippen LogP contribution in [0.3, 0.4) is 0 Å². The van der Waals surface area contributed by atoms with Crippen LogP contribution in [0.4, 0.5) is 0 Å². The molecule has 1 nitrogen and oxygen atoms in total. The zero-order valence-corrected chi connectivity index (χ0v) is 6.52. The van der Waals surface area contributed by atoms with Crippen LogP contribution in [-0.2, 0) is 0 Å². The first-order valence-electron chi connectivity index (χ1n) is 3.76. The SMILES string of the molecule is C[C@@H]1CCC(C)(O)[C@@H]1C. The maximum atomic E-state index is 9.63. The minimum Gasteiger partial charge on any atom is -0.390 e. The molecule has 0 aromatic carbocycles. The topological polar surface area (TPSA) is 20.2 Å². The van der Waals surface area contributed by atoms with E-state index in [1.54, 1.807) is 0 Å². The van der Waals surface area contributed by atoms with Crippen LogP contribution in [-0.4, -0.2) is 10.7 Å². The Morgan fingerprint density at radius 2 is 2.00 bits per heavy atom. The molecule has 1 saturated carbocycles. The Bertz CT molecular complexity index is 107. The van der Waals surface area contributed by atoms with E-state index in [1.165, 1.54) is 6.42 Å². The first-order chi connectivity index (χ1) is 4.04. The summed E-state index contributed by atoms with van der Waals surface area (Å²) in [5, 5.41) is 9.63. The quantitative estimate of drug-likeness (QED) is 0.527. The van der Waals surface area contributed by atoms with E-state index in [9.17, 15) is 5.11 Å². The van der Waals surface area contributed by atoms with E-state index < -0.39 is 0 Å². The number of hydrogen-bond acceptors (Lipinski definition) is 1. The predicted octanol–water partition coefficient (Wildman–Crippen LogP) is 1.80. The van der Waals surface area contributed by atoms with E-state index in [1.807, 2.05) is 6.92 Å². The van der Waals surface area contributed by atoms with E-state index in [0.29, 0.717) is 11.8 Å². The van der Waals surface area contributed by atoms with Gasteiger partial charge in [-0.2, -0.15) is 0 Å². The van der Waals surface area contributed by atoms with Gasteiger partial charge in [0, 0.05) is 0 Å². The molecule has 0 aromatic rings. The molecule has 0 saturated heterocycles. The lowest BCUT2D eigenvalue weighted by molar-refractivity contribution is 0.0202. The summed E-state index contributed by atoms with van der Waals surface area (Å²) in [5.74, 6) is 1.19. The molecule has 9 heavy (non-hydrogen) atoms. The summed E-state index contributed by atoms with van der Waals surface area (Å²) < 4.78 is 0. The van der Waals surface area contributed by atoms with Crippen molar-refractivity contribution in [1.82, 2.24) is 0 Å². The molecular weight excluding hydrogens is 112 g/mol. The molecule has 0 amide bonds. The molecule has 0 radical (unpaired) electrons. The van der Waals surface area contributed by atoms with Crippen LogP contribution in [0, 0.1) is 11.8 Å². The van der Waals surface area contributed by atoms with Gasteiger partial charge in [0.1, 0.15) is 0 Å². The third-order valence-corrected chi connectivity index (χ3v) is 2.94. The van der Waals surface area contributed by atoms with E-state index in [-0.39, 0.29) is 5.60 Å². The normalized spacial score (nSPS) is 52.0. The van der Waals surface area contributed by atoms with Crippen LogP contribution >= 0.6 is 0 Å². The fraction of sp³-hybridized carbons (Fsp3) is 1.00. The highest BCUT2D eigenvalue weighted by molar-refractivity contribution is 4.89. The van der Waals surface area contributed by atoms with Crippen LogP contribution in [0.5, 0.6) is 0 Å². The first-order valence-corrected chi connectivity index (χ1v) is 3.76. The molecule has 1 rings (SSSR count). The molecule has 1 unspecified atom stereocenters. The van der Waals surface area contributed by atoms with Gasteiger partial charge in [-0.1, -0.05) is 13.8 Å². The molecule has 1 aliphatic carbocycles. The molecule has 3 atom stereocenters. The van der Waals surface area contributed by atoms with Crippen molar-refractivity contribution in [3.8, 4) is 0 Å². The van der Waals surface area contributed by atoms with Gasteiger partial charge in [0.05, 0.1) is 5.60 Å². The second kappa shape index (κ2) is 1.98. The van der Waals surface area contributed by atoms with E-state index in [2.05, 4.69) is 13.8 Å². The van der Waals surface area contributed by atoms with Crippen molar-refractivity contribution in [2.45, 2.75) is 39.2 Å². The standard InChI is InChI=1S/C8H16O/c1-6-4-5-8(3,9)7(6)2/h6-7,9H,4-5H2,1-3H3/t6-,7-,8?/m1/s1. The Morgan fingerprint density at radius 3 is 2.11 bits per heavy atom. The molecule has 0 bridgehead atoms. The number of aliphatic hydroxyl groups is 1. The molecule has 0 aliphatic heterocycles. The smallest absolute Gasteiger partial charge is 0.0647 e. The number of hydrogen-bond donors (Lipinski definition) is 1. The molecule has 1 aliphatic rings. The summed E-state index contributed by atoms with van der Waals surface area (Å²) in [5.41, 5.74) is -0.376. The summed E-state index contributed by atoms with van der Waals surface area (Å²) in [4.78, 5) is 0. The minimum absolute atomic E-state index is 0.376. The van der Waals surface area contributed by atoms with E-state index >= 15 is 0 Å². The third kappa shape index (κ3) is 1.11. The summed E-state index contributed by atoms with van der Waals surface area (Å²) in [7, 11) is 0. The second-order valence-electron chi connectivity index (χ2n) is 3.66. The van der Waals surface area contributed by atoms with E-state index in [0.717, 1.165) is 6.42 Å². The van der Waals surface area contributed by atoms with Crippen molar-refractivity contribution < 1.29 is 5.11 Å². The van der Waals surface area contributed by atoms with E-state index in [4.69, 9.17) is 0 Å². The second-order valence-corrected chi connectivity index (χ2v) is 3.66. The van der Waals surface area contributed by atoms with Crippen LogP contribution in [0.25, 0.3) is 0 Å². The highest BCUT2D eigenvalue weighted by Gasteiger charge is 2.38. The Kier molecular flexibility index (Phi) is 1.55. The average molecular weight is 128 g/mol. The van der Waals surface area contributed by atoms with Crippen molar-refractivity contribution in [2.24, 2.45) is 11.8 Å². The molecule has 1 N–H and O–H groups in total. The Morgan fingerprint density at radius 1 is 1.44 bits per heavy atom. The first kappa shape index (κ1) is 7.07. The van der Waals surface area contributed by atoms with Gasteiger partial charge in [0.2, 0.25) is 0 Å². The number of rotatable bonds is 0. The fourth-order valence-corrected chi connectivity index (χ4v) is 1.61. The van der Waals surface area contributed by atoms with Crippen molar-refractivity contribution in [2.75, 3.05) is 0 Å². The fourth-order valence-electron chi connectivity index (χ4n) is 1.61. The molecule has 54 valence electrons. The minimum atomic E-state index is -0.376. The van der Waals surface area contributed by atoms with Gasteiger partial charge in [-0.3, -0.25) is 0 Å². The molecule has 1 heteroatoms. The largest absolute Gasteiger partial charge is 0.390 e. The Labute approximate surface area is 57.1 Å². The highest BCUT2D eigenvalue weighted by atomic mass is 16.3. The van der Waals surface area contributed by atoms with Gasteiger partial charge >= 0.3 is 0 Å². The lowest BCUT2D eigenvalue weighted by Gasteiger charge is -2.23. The van der Waals surface area contributed by atoms with Gasteiger partial charge in [0.15, 0.2) is 0 Å². The third-order valence-electron chi connectivity index (χ3n) is 2.94. The van der Waals surface area contributed by atoms with Crippen LogP contribution in [0.15, 0.2) is 0 Å². The summed E-state index contributed by atoms with van der Waals surface area (Å²) in [6, 6.07) is 0. The Balaban J connectivity index is 2.62.